The summed E-state index contributed by atoms with van der Waals surface area (Å²) < 4.78 is 5.70. The molecule has 0 spiro atoms. The number of ether oxygens (including phenoxy) is 1. The van der Waals surface area contributed by atoms with Gasteiger partial charge in [0.2, 0.25) is 5.91 Å². The Morgan fingerprint density at radius 2 is 2.07 bits per heavy atom. The maximum absolute atomic E-state index is 12.0. The number of nitrogens with one attached hydrogen (secondary N) is 1. The number of amides is 1. The lowest BCUT2D eigenvalue weighted by Gasteiger charge is -2.23. The van der Waals surface area contributed by atoms with Gasteiger partial charge >= 0.3 is 0 Å². The summed E-state index contributed by atoms with van der Waals surface area (Å²) in [5.41, 5.74) is 1.28. The van der Waals surface area contributed by atoms with Crippen molar-refractivity contribution < 1.29 is 9.53 Å². The Labute approximate surface area is 189 Å². The van der Waals surface area contributed by atoms with E-state index in [1.807, 2.05) is 18.4 Å². The first-order chi connectivity index (χ1) is 13.0. The van der Waals surface area contributed by atoms with Crippen LogP contribution in [0.1, 0.15) is 41.3 Å². The molecule has 1 amide bonds. The number of thiazole rings is 1. The van der Waals surface area contributed by atoms with Gasteiger partial charge in [0.1, 0.15) is 11.6 Å². The zero-order chi connectivity index (χ0) is 19.2. The minimum atomic E-state index is -0.00970. The molecule has 0 radical (unpaired) electrons. The lowest BCUT2D eigenvalue weighted by Crippen LogP contribution is -2.42. The predicted octanol–water partition coefficient (Wildman–Crippen LogP) is 2.28. The van der Waals surface area contributed by atoms with Gasteiger partial charge in [0, 0.05) is 39.2 Å². The fourth-order valence-corrected chi connectivity index (χ4v) is 4.57. The van der Waals surface area contributed by atoms with Gasteiger partial charge in [-0.3, -0.25) is 4.79 Å². The number of nitrogens with zero attached hydrogens (tertiary/aromatic N) is 4. The van der Waals surface area contributed by atoms with Crippen LogP contribution in [0.4, 0.5) is 0 Å². The van der Waals surface area contributed by atoms with Crippen molar-refractivity contribution in [2.24, 2.45) is 4.99 Å². The van der Waals surface area contributed by atoms with E-state index in [1.165, 1.54) is 23.4 Å². The first kappa shape index (κ1) is 23.3. The van der Waals surface area contributed by atoms with E-state index in [2.05, 4.69) is 15.2 Å². The highest BCUT2D eigenvalue weighted by molar-refractivity contribution is 14.0. The number of hydrogen-bond donors (Lipinski definition) is 1. The van der Waals surface area contributed by atoms with E-state index in [9.17, 15) is 4.79 Å². The van der Waals surface area contributed by atoms with Crippen LogP contribution in [0.25, 0.3) is 0 Å². The number of hydrogen-bond acceptors (Lipinski definition) is 5. The number of likely N-dealkylation sites (N-methyl/N-ethyl adjacent to an activating group) is 1. The SMILES string of the molecule is CN(C)C(=O)CN=C(NCC1CCCO1)N(C)Cc1nc2c(s1)CCCC2.I. The largest absolute Gasteiger partial charge is 0.376 e. The summed E-state index contributed by atoms with van der Waals surface area (Å²) in [4.78, 5) is 26.4. The number of rotatable bonds is 6. The third-order valence-electron chi connectivity index (χ3n) is 5.00. The van der Waals surface area contributed by atoms with Crippen LogP contribution >= 0.6 is 35.3 Å². The van der Waals surface area contributed by atoms with Gasteiger partial charge in [-0.2, -0.15) is 0 Å². The summed E-state index contributed by atoms with van der Waals surface area (Å²) in [7, 11) is 5.50. The van der Waals surface area contributed by atoms with Gasteiger partial charge in [-0.05, 0) is 38.5 Å². The summed E-state index contributed by atoms with van der Waals surface area (Å²) in [5.74, 6) is 0.721. The number of aromatic nitrogens is 1. The molecule has 2 heterocycles. The van der Waals surface area contributed by atoms with E-state index in [-0.39, 0.29) is 42.5 Å². The Morgan fingerprint density at radius 3 is 2.75 bits per heavy atom. The smallest absolute Gasteiger partial charge is 0.243 e. The molecule has 158 valence electrons. The monoisotopic (exact) mass is 521 g/mol. The number of carbonyl (C=O) groups is 1. The molecule has 3 rings (SSSR count). The zero-order valence-electron chi connectivity index (χ0n) is 17.1. The Hall–Kier alpha value is -0.940. The summed E-state index contributed by atoms with van der Waals surface area (Å²) in [5, 5.41) is 4.52. The van der Waals surface area contributed by atoms with Crippen LogP contribution in [0.2, 0.25) is 0 Å². The molecule has 2 aliphatic rings. The van der Waals surface area contributed by atoms with Crippen molar-refractivity contribution in [3.8, 4) is 0 Å². The normalized spacial score (nSPS) is 19.0. The third kappa shape index (κ3) is 6.55. The first-order valence-electron chi connectivity index (χ1n) is 9.81. The number of aryl methyl sites for hydroxylation is 2. The van der Waals surface area contributed by atoms with Crippen LogP contribution in [-0.2, 0) is 28.9 Å². The van der Waals surface area contributed by atoms with E-state index < -0.39 is 0 Å². The quantitative estimate of drug-likeness (QED) is 0.354. The Balaban J connectivity index is 0.00000280. The number of halogens is 1. The Bertz CT molecular complexity index is 650. The van der Waals surface area contributed by atoms with Crippen molar-refractivity contribution in [2.45, 2.75) is 51.2 Å². The second-order valence-corrected chi connectivity index (χ2v) is 8.65. The second kappa shape index (κ2) is 11.3. The molecule has 1 saturated heterocycles. The molecule has 0 aromatic carbocycles. The summed E-state index contributed by atoms with van der Waals surface area (Å²) in [6.45, 7) is 2.39. The average Bonchev–Trinajstić information content (AvgIpc) is 3.29. The van der Waals surface area contributed by atoms with Crippen LogP contribution in [0, 0.1) is 0 Å². The summed E-state index contributed by atoms with van der Waals surface area (Å²) >= 11 is 1.82. The van der Waals surface area contributed by atoms with Gasteiger partial charge < -0.3 is 19.9 Å². The topological polar surface area (TPSA) is 70.1 Å². The molecule has 1 unspecified atom stereocenters. The Morgan fingerprint density at radius 1 is 1.29 bits per heavy atom. The van der Waals surface area contributed by atoms with Crippen molar-refractivity contribution in [3.05, 3.63) is 15.6 Å². The van der Waals surface area contributed by atoms with E-state index in [0.717, 1.165) is 43.3 Å². The second-order valence-electron chi connectivity index (χ2n) is 7.48. The van der Waals surface area contributed by atoms with Gasteiger partial charge in [0.25, 0.3) is 0 Å². The number of aliphatic imine (C=N–C) groups is 1. The first-order valence-corrected chi connectivity index (χ1v) is 10.6. The minimum absolute atomic E-state index is 0. The van der Waals surface area contributed by atoms with Crippen LogP contribution in [0.15, 0.2) is 4.99 Å². The average molecular weight is 521 g/mol. The molecule has 1 N–H and O–H groups in total. The van der Waals surface area contributed by atoms with Crippen LogP contribution in [0.5, 0.6) is 0 Å². The van der Waals surface area contributed by atoms with E-state index in [4.69, 9.17) is 9.72 Å². The molecular weight excluding hydrogens is 489 g/mol. The fourth-order valence-electron chi connectivity index (χ4n) is 3.36. The molecule has 1 aliphatic carbocycles. The van der Waals surface area contributed by atoms with Crippen molar-refractivity contribution >= 4 is 47.2 Å². The van der Waals surface area contributed by atoms with E-state index in [1.54, 1.807) is 19.0 Å². The van der Waals surface area contributed by atoms with Gasteiger partial charge in [-0.1, -0.05) is 0 Å². The highest BCUT2D eigenvalue weighted by Gasteiger charge is 2.19. The van der Waals surface area contributed by atoms with Crippen molar-refractivity contribution in [3.63, 3.8) is 0 Å². The molecule has 7 nitrogen and oxygen atoms in total. The van der Waals surface area contributed by atoms with E-state index >= 15 is 0 Å². The van der Waals surface area contributed by atoms with Crippen LogP contribution in [0.3, 0.4) is 0 Å². The zero-order valence-corrected chi connectivity index (χ0v) is 20.2. The molecule has 0 bridgehead atoms. The summed E-state index contributed by atoms with van der Waals surface area (Å²) in [6, 6.07) is 0. The molecule has 1 aliphatic heterocycles. The predicted molar refractivity (Wildman–Crippen MR) is 124 cm³/mol. The number of fused-ring (bicyclic) bond motifs is 1. The van der Waals surface area contributed by atoms with Gasteiger partial charge in [-0.25, -0.2) is 9.98 Å². The van der Waals surface area contributed by atoms with Crippen molar-refractivity contribution in [1.82, 2.24) is 20.1 Å². The maximum Gasteiger partial charge on any atom is 0.243 e. The van der Waals surface area contributed by atoms with E-state index in [0.29, 0.717) is 13.1 Å². The lowest BCUT2D eigenvalue weighted by molar-refractivity contribution is -0.127. The standard InChI is InChI=1S/C19H31N5O2S.HI/c1-23(2)18(25)12-21-19(20-11-14-7-6-10-26-14)24(3)13-17-22-15-8-4-5-9-16(15)27-17;/h14H,4-13H2,1-3H3,(H,20,21);1H. The minimum Gasteiger partial charge on any atom is -0.376 e. The summed E-state index contributed by atoms with van der Waals surface area (Å²) in [6.07, 6.45) is 7.18. The highest BCUT2D eigenvalue weighted by Crippen LogP contribution is 2.27. The van der Waals surface area contributed by atoms with Crippen molar-refractivity contribution in [2.75, 3.05) is 40.8 Å². The highest BCUT2D eigenvalue weighted by atomic mass is 127. The van der Waals surface area contributed by atoms with Crippen LogP contribution < -0.4 is 5.32 Å². The molecule has 28 heavy (non-hydrogen) atoms. The van der Waals surface area contributed by atoms with Crippen LogP contribution in [-0.4, -0.2) is 73.6 Å². The molecule has 1 fully saturated rings. The molecular formula is C19H32IN5O2S. The third-order valence-corrected chi connectivity index (χ3v) is 6.14. The van der Waals surface area contributed by atoms with Crippen molar-refractivity contribution in [1.29, 1.82) is 0 Å². The molecule has 1 aromatic rings. The molecule has 1 atom stereocenters. The molecule has 9 heteroatoms. The molecule has 1 aromatic heterocycles. The lowest BCUT2D eigenvalue weighted by atomic mass is 10.0. The number of guanidine groups is 1. The molecule has 0 saturated carbocycles. The van der Waals surface area contributed by atoms with Gasteiger partial charge in [-0.15, -0.1) is 35.3 Å². The van der Waals surface area contributed by atoms with Gasteiger partial charge in [0.05, 0.1) is 18.3 Å². The van der Waals surface area contributed by atoms with Gasteiger partial charge in [0.15, 0.2) is 5.96 Å². The maximum atomic E-state index is 12.0. The number of carbonyl (C=O) groups excluding carboxylic acids is 1. The Kier molecular flexibility index (Phi) is 9.42. The fraction of sp³-hybridized carbons (Fsp3) is 0.737.